The van der Waals surface area contributed by atoms with Crippen LogP contribution in [0, 0.1) is 0 Å². The van der Waals surface area contributed by atoms with E-state index in [9.17, 15) is 20.4 Å². The Morgan fingerprint density at radius 2 is 0.488 bits per heavy atom. The van der Waals surface area contributed by atoms with Gasteiger partial charge in [0.05, 0.1) is 71.3 Å². The van der Waals surface area contributed by atoms with Gasteiger partial charge in [-0.1, -0.05) is 146 Å². The molecule has 418 valence electrons. The van der Waals surface area contributed by atoms with Gasteiger partial charge in [-0.3, -0.25) is 0 Å². The molecule has 0 radical (unpaired) electrons. The van der Waals surface area contributed by atoms with E-state index >= 15 is 0 Å². The molecule has 3 aliphatic rings. The fraction of sp³-hybridized carbons (Fsp3) is 0.167. The Morgan fingerprint density at radius 3 is 0.702 bits per heavy atom. The Kier molecular flexibility index (Phi) is 15.4. The highest BCUT2D eigenvalue weighted by molar-refractivity contribution is 6.21. The van der Waals surface area contributed by atoms with Gasteiger partial charge in [0.2, 0.25) is 0 Å². The molecule has 2 aliphatic heterocycles. The maximum atomic E-state index is 9.61. The number of aliphatic hydroxyl groups is 4. The highest BCUT2D eigenvalue weighted by Crippen LogP contribution is 2.52. The van der Waals surface area contributed by atoms with Crippen LogP contribution in [0.2, 0.25) is 0 Å². The normalized spacial score (nSPS) is 11.7. The molecule has 8 aromatic carbocycles. The van der Waals surface area contributed by atoms with Crippen LogP contribution in [-0.2, 0) is 0 Å². The molecule has 12 heteroatoms. The van der Waals surface area contributed by atoms with Gasteiger partial charge in [-0.15, -0.1) is 0 Å². The van der Waals surface area contributed by atoms with E-state index in [0.29, 0.717) is 75.1 Å². The summed E-state index contributed by atoms with van der Waals surface area (Å²) < 4.78 is 24.5. The summed E-state index contributed by atoms with van der Waals surface area (Å²) in [6, 6.07) is 66.6. The van der Waals surface area contributed by atoms with Crippen LogP contribution in [0.15, 0.2) is 194 Å². The fourth-order valence-corrected chi connectivity index (χ4v) is 11.7. The zero-order valence-electron chi connectivity index (χ0n) is 46.3. The molecule has 0 spiro atoms. The third kappa shape index (κ3) is 10.2. The van der Waals surface area contributed by atoms with Crippen molar-refractivity contribution in [3.63, 3.8) is 0 Å². The summed E-state index contributed by atoms with van der Waals surface area (Å²) in [5, 5.41) is 42.4. The van der Waals surface area contributed by atoms with Crippen LogP contribution in [0.3, 0.4) is 0 Å². The molecule has 4 heterocycles. The first kappa shape index (κ1) is 53.7. The average Bonchev–Trinajstić information content (AvgIpc) is 2.39. The summed E-state index contributed by atoms with van der Waals surface area (Å²) in [5.74, 6) is 2.76. The second kappa shape index (κ2) is 24.1. The van der Waals surface area contributed by atoms with E-state index in [1.807, 2.05) is 48.5 Å². The molecule has 0 amide bonds. The Bertz CT molecular complexity index is 3810. The zero-order valence-corrected chi connectivity index (χ0v) is 46.3. The third-order valence-electron chi connectivity index (χ3n) is 15.6. The number of ether oxygens (including phenoxy) is 4. The summed E-state index contributed by atoms with van der Waals surface area (Å²) in [6.07, 6.45) is 2.06. The Morgan fingerprint density at radius 1 is 0.274 bits per heavy atom. The van der Waals surface area contributed by atoms with Gasteiger partial charge < -0.3 is 49.3 Å². The van der Waals surface area contributed by atoms with Crippen LogP contribution in [-0.4, -0.2) is 93.2 Å². The van der Waals surface area contributed by atoms with Crippen LogP contribution < -0.4 is 18.9 Å². The van der Waals surface area contributed by atoms with Crippen molar-refractivity contribution in [1.82, 2.24) is 19.9 Å². The van der Waals surface area contributed by atoms with Crippen molar-refractivity contribution in [2.75, 3.05) is 52.9 Å². The lowest BCUT2D eigenvalue weighted by molar-refractivity contribution is 0.233. The molecule has 2 aromatic heterocycles. The van der Waals surface area contributed by atoms with Crippen molar-refractivity contribution in [2.24, 2.45) is 0 Å². The van der Waals surface area contributed by atoms with E-state index in [0.717, 1.165) is 133 Å². The SMILES string of the molecule is OCCCOc1ccc(-c2c3nc(c(-c4ccc(OCCCO)cc4)c4[nH]c(c(-c5ccc(OCCCO)cc5)c5nc(c(-c6ccc(OCCCO)cc6)c6[nH]c2c2ccccc62)-c2ccccc2-5)c2ccccc42)-c2ccccc2-3)cc1. The number of aromatic amines is 2. The standard InChI is InChI=1S/C72H62N4O8/c77-37-9-41-81-49-29-21-45(22-30-49)61-65-53-13-1-2-14-54(53)66(73-65)62(46-23-31-50(32-24-46)82-42-10-38-78)68-57-17-5-6-18-58(57)70(75-68)64(48-27-35-52(36-28-48)84-44-12-40-80)72-60-20-8-7-19-59(60)71(76-72)63(47-25-33-51(34-26-47)83-43-11-39-79)69-56-16-4-3-15-55(56)67(61)74-69/h1-8,13-36,73,76-80H,9-12,37-44H2. The number of aliphatic hydroxyl groups excluding tert-OH is 4. The number of benzene rings is 8. The fourth-order valence-electron chi connectivity index (χ4n) is 11.7. The number of aromatic nitrogens is 4. The number of nitrogens with one attached hydrogen (secondary N) is 2. The number of rotatable bonds is 20. The first-order valence-corrected chi connectivity index (χ1v) is 28.7. The minimum atomic E-state index is 0.0344. The lowest BCUT2D eigenvalue weighted by Crippen LogP contribution is -1.99. The van der Waals surface area contributed by atoms with E-state index in [1.54, 1.807) is 0 Å². The summed E-state index contributed by atoms with van der Waals surface area (Å²) in [5.41, 5.74) is 17.5. The maximum Gasteiger partial charge on any atom is 0.119 e. The largest absolute Gasteiger partial charge is 0.494 e. The van der Waals surface area contributed by atoms with Crippen LogP contribution in [0.25, 0.3) is 133 Å². The van der Waals surface area contributed by atoms with Crippen molar-refractivity contribution in [3.05, 3.63) is 194 Å². The van der Waals surface area contributed by atoms with Crippen molar-refractivity contribution < 1.29 is 39.4 Å². The first-order valence-electron chi connectivity index (χ1n) is 28.7. The first-order chi connectivity index (χ1) is 41.5. The van der Waals surface area contributed by atoms with E-state index in [1.165, 1.54) is 0 Å². The van der Waals surface area contributed by atoms with Crippen molar-refractivity contribution >= 4 is 43.6 Å². The molecule has 6 N–H and O–H groups in total. The van der Waals surface area contributed by atoms with Gasteiger partial charge in [-0.05, 0) is 70.8 Å². The lowest BCUT2D eigenvalue weighted by atomic mass is 9.93. The van der Waals surface area contributed by atoms with Gasteiger partial charge in [0.1, 0.15) is 23.0 Å². The highest BCUT2D eigenvalue weighted by Gasteiger charge is 2.30. The predicted molar refractivity (Wildman–Crippen MR) is 335 cm³/mol. The summed E-state index contributed by atoms with van der Waals surface area (Å²) in [7, 11) is 0. The Labute approximate surface area is 485 Å². The topological polar surface area (TPSA) is 175 Å². The van der Waals surface area contributed by atoms with E-state index in [-0.39, 0.29) is 26.4 Å². The highest BCUT2D eigenvalue weighted by atomic mass is 16.5. The van der Waals surface area contributed by atoms with Gasteiger partial charge in [0.25, 0.3) is 0 Å². The molecule has 1 aliphatic carbocycles. The molecule has 0 atom stereocenters. The Balaban J connectivity index is 1.25. The monoisotopic (exact) mass is 1110 g/mol. The van der Waals surface area contributed by atoms with Gasteiger partial charge in [-0.2, -0.15) is 0 Å². The van der Waals surface area contributed by atoms with E-state index in [4.69, 9.17) is 28.9 Å². The molecular formula is C72H62N4O8. The number of nitrogens with zero attached hydrogens (tertiary/aromatic N) is 2. The van der Waals surface area contributed by atoms with Crippen LogP contribution in [0.1, 0.15) is 25.7 Å². The predicted octanol–water partition coefficient (Wildman–Crippen LogP) is 15.0. The van der Waals surface area contributed by atoms with Crippen molar-refractivity contribution in [2.45, 2.75) is 25.7 Å². The maximum absolute atomic E-state index is 9.61. The lowest BCUT2D eigenvalue weighted by Gasteiger charge is -2.10. The molecule has 12 nitrogen and oxygen atoms in total. The third-order valence-corrected chi connectivity index (χ3v) is 15.6. The van der Waals surface area contributed by atoms with E-state index in [2.05, 4.69) is 156 Å². The van der Waals surface area contributed by atoms with E-state index < -0.39 is 0 Å². The molecule has 10 aromatic rings. The molecule has 0 fully saturated rings. The van der Waals surface area contributed by atoms with Gasteiger partial charge in [0.15, 0.2) is 0 Å². The van der Waals surface area contributed by atoms with Crippen LogP contribution in [0.4, 0.5) is 0 Å². The summed E-state index contributed by atoms with van der Waals surface area (Å²) in [6.45, 7) is 1.66. The molecule has 0 unspecified atom stereocenters. The molecule has 13 rings (SSSR count). The van der Waals surface area contributed by atoms with Crippen molar-refractivity contribution in [1.29, 1.82) is 0 Å². The number of H-pyrrole nitrogens is 2. The minimum absolute atomic E-state index is 0.0344. The van der Waals surface area contributed by atoms with Crippen molar-refractivity contribution in [3.8, 4) is 113 Å². The molecular weight excluding hydrogens is 1050 g/mol. The molecule has 0 saturated heterocycles. The van der Waals surface area contributed by atoms with Crippen LogP contribution >= 0.6 is 0 Å². The van der Waals surface area contributed by atoms with Gasteiger partial charge in [0, 0.05) is 118 Å². The summed E-state index contributed by atoms with van der Waals surface area (Å²) >= 11 is 0. The smallest absolute Gasteiger partial charge is 0.119 e. The molecule has 84 heavy (non-hydrogen) atoms. The zero-order chi connectivity index (χ0) is 56.9. The Hall–Kier alpha value is -9.56. The van der Waals surface area contributed by atoms with Gasteiger partial charge in [-0.25, -0.2) is 9.97 Å². The van der Waals surface area contributed by atoms with Gasteiger partial charge >= 0.3 is 0 Å². The number of hydrogen-bond acceptors (Lipinski definition) is 10. The molecule has 0 saturated carbocycles. The second-order valence-corrected chi connectivity index (χ2v) is 20.9. The second-order valence-electron chi connectivity index (χ2n) is 20.9. The number of hydrogen-bond donors (Lipinski definition) is 6. The molecule has 8 bridgehead atoms. The van der Waals surface area contributed by atoms with Crippen LogP contribution in [0.5, 0.6) is 23.0 Å². The summed E-state index contributed by atoms with van der Waals surface area (Å²) in [4.78, 5) is 20.2. The minimum Gasteiger partial charge on any atom is -0.494 e. The quantitative estimate of drug-likeness (QED) is 0.0403. The average molecular weight is 1110 g/mol.